The predicted molar refractivity (Wildman–Crippen MR) is 139 cm³/mol. The second-order valence-corrected chi connectivity index (χ2v) is 9.21. The number of esters is 1. The summed E-state index contributed by atoms with van der Waals surface area (Å²) in [4.78, 5) is 16.7. The van der Waals surface area contributed by atoms with E-state index < -0.39 is 12.1 Å². The first-order valence-electron chi connectivity index (χ1n) is 12.5. The number of nitrogens with two attached hydrogens (primary N) is 1. The number of nitrogens with zero attached hydrogens (tertiary/aromatic N) is 2. The van der Waals surface area contributed by atoms with Crippen molar-refractivity contribution >= 4 is 17.8 Å². The van der Waals surface area contributed by atoms with Gasteiger partial charge in [-0.05, 0) is 55.7 Å². The molecule has 198 valence electrons. The van der Waals surface area contributed by atoms with Gasteiger partial charge in [0, 0.05) is 31.6 Å². The van der Waals surface area contributed by atoms with Gasteiger partial charge in [0.15, 0.2) is 17.5 Å². The minimum absolute atomic E-state index is 0.0157. The van der Waals surface area contributed by atoms with E-state index in [4.69, 9.17) is 35.5 Å². The molecule has 2 atom stereocenters. The van der Waals surface area contributed by atoms with Gasteiger partial charge < -0.3 is 34.5 Å². The van der Waals surface area contributed by atoms with Crippen molar-refractivity contribution in [3.8, 4) is 17.2 Å². The standard InChI is InChI=1S/C27H35N5O5/c1-4-35-26(33)25(18-5-7-21(8-6-18)36-22-10-12-31(16-22)17(2)28)37-24-13-19-9-11-32(27(29)30)15-20(19)14-23(24)34-3/h5-8,13-14,22,25,28H,4,9-12,15-16H2,1-3H3,(H3,29,30). The van der Waals surface area contributed by atoms with Gasteiger partial charge >= 0.3 is 5.97 Å². The van der Waals surface area contributed by atoms with E-state index in [2.05, 4.69) is 0 Å². The summed E-state index contributed by atoms with van der Waals surface area (Å²) in [5.74, 6) is 1.72. The first kappa shape index (κ1) is 26.1. The summed E-state index contributed by atoms with van der Waals surface area (Å²) < 4.78 is 23.2. The Morgan fingerprint density at radius 3 is 2.46 bits per heavy atom. The highest BCUT2D eigenvalue weighted by Gasteiger charge is 2.28. The fraction of sp³-hybridized carbons (Fsp3) is 0.444. The summed E-state index contributed by atoms with van der Waals surface area (Å²) in [5.41, 5.74) is 8.37. The van der Waals surface area contributed by atoms with E-state index in [9.17, 15) is 4.79 Å². The van der Waals surface area contributed by atoms with Gasteiger partial charge in [0.25, 0.3) is 0 Å². The van der Waals surface area contributed by atoms with Gasteiger partial charge in [0.1, 0.15) is 11.9 Å². The number of methoxy groups -OCH3 is 1. The Hall–Kier alpha value is -3.95. The van der Waals surface area contributed by atoms with Gasteiger partial charge in [-0.1, -0.05) is 12.1 Å². The molecule has 2 aliphatic rings. The smallest absolute Gasteiger partial charge is 0.352 e. The summed E-state index contributed by atoms with van der Waals surface area (Å²) in [5, 5.41) is 15.5. The highest BCUT2D eigenvalue weighted by Crippen LogP contribution is 2.37. The minimum atomic E-state index is -0.985. The Bertz CT molecular complexity index is 1150. The topological polar surface area (TPSA) is 134 Å². The molecule has 1 fully saturated rings. The first-order chi connectivity index (χ1) is 17.8. The zero-order valence-corrected chi connectivity index (χ0v) is 21.6. The number of fused-ring (bicyclic) bond motifs is 1. The Morgan fingerprint density at radius 2 is 1.84 bits per heavy atom. The highest BCUT2D eigenvalue weighted by atomic mass is 16.6. The summed E-state index contributed by atoms with van der Waals surface area (Å²) in [6, 6.07) is 11.0. The second-order valence-electron chi connectivity index (χ2n) is 9.21. The second kappa shape index (κ2) is 11.4. The molecular weight excluding hydrogens is 474 g/mol. The number of carbonyl (C=O) groups is 1. The fourth-order valence-electron chi connectivity index (χ4n) is 4.66. The quantitative estimate of drug-likeness (QED) is 0.281. The summed E-state index contributed by atoms with van der Waals surface area (Å²) in [7, 11) is 1.55. The molecule has 0 spiro atoms. The molecule has 2 aromatic carbocycles. The number of hydrogen-bond acceptors (Lipinski definition) is 7. The number of hydrogen-bond donors (Lipinski definition) is 3. The maximum absolute atomic E-state index is 12.9. The van der Waals surface area contributed by atoms with Crippen molar-refractivity contribution in [3.63, 3.8) is 0 Å². The zero-order valence-electron chi connectivity index (χ0n) is 21.6. The average molecular weight is 510 g/mol. The lowest BCUT2D eigenvalue weighted by atomic mass is 9.99. The van der Waals surface area contributed by atoms with Crippen LogP contribution in [-0.2, 0) is 22.5 Å². The van der Waals surface area contributed by atoms with Crippen LogP contribution in [0.4, 0.5) is 0 Å². The van der Waals surface area contributed by atoms with Crippen LogP contribution in [0, 0.1) is 10.8 Å². The van der Waals surface area contributed by atoms with Crippen molar-refractivity contribution in [2.75, 3.05) is 33.4 Å². The fourth-order valence-corrected chi connectivity index (χ4v) is 4.66. The number of rotatable bonds is 8. The average Bonchev–Trinajstić information content (AvgIpc) is 3.36. The van der Waals surface area contributed by atoms with Crippen LogP contribution in [-0.4, -0.2) is 67.0 Å². The molecule has 10 heteroatoms. The lowest BCUT2D eigenvalue weighted by Crippen LogP contribution is -2.40. The molecule has 2 aliphatic heterocycles. The summed E-state index contributed by atoms with van der Waals surface area (Å²) in [6.45, 7) is 6.42. The number of benzene rings is 2. The van der Waals surface area contributed by atoms with Crippen LogP contribution in [0.25, 0.3) is 0 Å². The molecule has 10 nitrogen and oxygen atoms in total. The van der Waals surface area contributed by atoms with E-state index in [0.29, 0.717) is 54.7 Å². The molecule has 1 saturated heterocycles. The van der Waals surface area contributed by atoms with Crippen LogP contribution >= 0.6 is 0 Å². The summed E-state index contributed by atoms with van der Waals surface area (Å²) >= 11 is 0. The number of nitrogens with one attached hydrogen (secondary N) is 2. The molecule has 2 heterocycles. The van der Waals surface area contributed by atoms with E-state index in [0.717, 1.165) is 24.1 Å². The lowest BCUT2D eigenvalue weighted by molar-refractivity contribution is -0.151. The number of likely N-dealkylation sites (tertiary alicyclic amines) is 1. The van der Waals surface area contributed by atoms with E-state index in [1.54, 1.807) is 38.0 Å². The molecule has 37 heavy (non-hydrogen) atoms. The monoisotopic (exact) mass is 509 g/mol. The van der Waals surface area contributed by atoms with E-state index in [-0.39, 0.29) is 18.7 Å². The van der Waals surface area contributed by atoms with Gasteiger partial charge in [-0.2, -0.15) is 0 Å². The van der Waals surface area contributed by atoms with Crippen molar-refractivity contribution in [2.24, 2.45) is 5.73 Å². The van der Waals surface area contributed by atoms with Crippen LogP contribution in [0.3, 0.4) is 0 Å². The van der Waals surface area contributed by atoms with Crippen molar-refractivity contribution in [2.45, 2.75) is 45.4 Å². The van der Waals surface area contributed by atoms with E-state index >= 15 is 0 Å². The number of carbonyl (C=O) groups excluding carboxylic acids is 1. The predicted octanol–water partition coefficient (Wildman–Crippen LogP) is 3.08. The Balaban J connectivity index is 1.53. The zero-order chi connectivity index (χ0) is 26.5. The van der Waals surface area contributed by atoms with Crippen LogP contribution in [0.1, 0.15) is 43.1 Å². The number of guanidine groups is 1. The lowest BCUT2D eigenvalue weighted by Gasteiger charge is -2.30. The molecule has 2 unspecified atom stereocenters. The molecule has 0 saturated carbocycles. The SMILES string of the molecule is CCOC(=O)C(Oc1cc2c(cc1OC)CN(C(=N)N)CC2)c1ccc(OC2CCN(C(C)=N)C2)cc1. The number of ether oxygens (including phenoxy) is 4. The normalized spacial score (nSPS) is 17.5. The van der Waals surface area contributed by atoms with Gasteiger partial charge in [-0.25, -0.2) is 4.79 Å². The molecule has 0 radical (unpaired) electrons. The van der Waals surface area contributed by atoms with Gasteiger partial charge in [-0.15, -0.1) is 0 Å². The third-order valence-corrected chi connectivity index (χ3v) is 6.69. The molecule has 0 aliphatic carbocycles. The van der Waals surface area contributed by atoms with Crippen LogP contribution in [0.2, 0.25) is 0 Å². The molecular formula is C27H35N5O5. The largest absolute Gasteiger partial charge is 0.493 e. The minimum Gasteiger partial charge on any atom is -0.493 e. The Kier molecular flexibility index (Phi) is 8.05. The Morgan fingerprint density at radius 1 is 1.11 bits per heavy atom. The van der Waals surface area contributed by atoms with Gasteiger partial charge in [-0.3, -0.25) is 10.8 Å². The maximum atomic E-state index is 12.9. The van der Waals surface area contributed by atoms with Crippen molar-refractivity contribution in [1.82, 2.24) is 9.80 Å². The number of amidine groups is 1. The van der Waals surface area contributed by atoms with Crippen LogP contribution in [0.15, 0.2) is 36.4 Å². The van der Waals surface area contributed by atoms with Crippen molar-refractivity contribution in [3.05, 3.63) is 53.1 Å². The Labute approximate surface area is 217 Å². The third-order valence-electron chi connectivity index (χ3n) is 6.69. The molecule has 4 rings (SSSR count). The van der Waals surface area contributed by atoms with Crippen molar-refractivity contribution < 1.29 is 23.7 Å². The van der Waals surface area contributed by atoms with E-state index in [1.807, 2.05) is 29.2 Å². The molecule has 2 aromatic rings. The van der Waals surface area contributed by atoms with E-state index in [1.165, 1.54) is 0 Å². The molecule has 0 amide bonds. The van der Waals surface area contributed by atoms with Crippen molar-refractivity contribution in [1.29, 1.82) is 10.8 Å². The first-order valence-corrected chi connectivity index (χ1v) is 12.5. The molecule has 0 aromatic heterocycles. The van der Waals surface area contributed by atoms with Gasteiger partial charge in [0.2, 0.25) is 6.10 Å². The third kappa shape index (κ3) is 6.07. The molecule has 4 N–H and O–H groups in total. The van der Waals surface area contributed by atoms with Crippen LogP contribution < -0.4 is 19.9 Å². The summed E-state index contributed by atoms with van der Waals surface area (Å²) in [6.07, 6.45) is 0.582. The highest BCUT2D eigenvalue weighted by molar-refractivity contribution is 5.78. The van der Waals surface area contributed by atoms with Gasteiger partial charge in [0.05, 0.1) is 26.1 Å². The maximum Gasteiger partial charge on any atom is 0.352 e. The van der Waals surface area contributed by atoms with Crippen LogP contribution in [0.5, 0.6) is 17.2 Å². The molecule has 0 bridgehead atoms.